The van der Waals surface area contributed by atoms with Gasteiger partial charge in [-0.25, -0.2) is 9.78 Å². The minimum Gasteiger partial charge on any atom is -0.444 e. The monoisotopic (exact) mass is 332 g/mol. The number of likely N-dealkylation sites (tertiary alicyclic amines) is 1. The van der Waals surface area contributed by atoms with E-state index in [2.05, 4.69) is 20.9 Å². The molecular weight excluding hydrogens is 316 g/mol. The number of aromatic nitrogens is 1. The molecular formula is C12H17BrN2O2S. The first-order chi connectivity index (χ1) is 8.37. The first kappa shape index (κ1) is 13.8. The number of nitrogens with zero attached hydrogens (tertiary/aromatic N) is 2. The van der Waals surface area contributed by atoms with Crippen LogP contribution in [0.15, 0.2) is 9.30 Å². The third kappa shape index (κ3) is 3.23. The first-order valence-corrected chi connectivity index (χ1v) is 7.64. The summed E-state index contributed by atoms with van der Waals surface area (Å²) in [5, 5.41) is 2.00. The van der Waals surface area contributed by atoms with E-state index in [-0.39, 0.29) is 12.1 Å². The van der Waals surface area contributed by atoms with Crippen molar-refractivity contribution in [3.8, 4) is 0 Å². The summed E-state index contributed by atoms with van der Waals surface area (Å²) in [6, 6.07) is 0.0578. The van der Waals surface area contributed by atoms with Crippen molar-refractivity contribution < 1.29 is 9.53 Å². The molecule has 4 nitrogen and oxygen atoms in total. The Labute approximate surface area is 119 Å². The normalized spacial score (nSPS) is 20.2. The van der Waals surface area contributed by atoms with E-state index in [1.807, 2.05) is 26.2 Å². The van der Waals surface area contributed by atoms with Gasteiger partial charge in [-0.05, 0) is 49.5 Å². The zero-order chi connectivity index (χ0) is 13.3. The third-order valence-corrected chi connectivity index (χ3v) is 4.10. The highest BCUT2D eigenvalue weighted by Gasteiger charge is 2.34. The fraction of sp³-hybridized carbons (Fsp3) is 0.667. The third-order valence-electron chi connectivity index (χ3n) is 2.72. The SMILES string of the molecule is CC(C)(C)OC(=O)N1CCC[C@@H]1c1csc(Br)n1. The first-order valence-electron chi connectivity index (χ1n) is 5.97. The quantitative estimate of drug-likeness (QED) is 0.781. The number of carbonyl (C=O) groups is 1. The Morgan fingerprint density at radius 2 is 2.33 bits per heavy atom. The Morgan fingerprint density at radius 3 is 2.89 bits per heavy atom. The predicted octanol–water partition coefficient (Wildman–Crippen LogP) is 3.98. The van der Waals surface area contributed by atoms with Crippen LogP contribution in [0.25, 0.3) is 0 Å². The predicted molar refractivity (Wildman–Crippen MR) is 74.7 cm³/mol. The molecule has 0 unspecified atom stereocenters. The second kappa shape index (κ2) is 5.17. The van der Waals surface area contributed by atoms with Crippen molar-refractivity contribution in [3.05, 3.63) is 15.0 Å². The molecule has 0 N–H and O–H groups in total. The average molecular weight is 333 g/mol. The van der Waals surface area contributed by atoms with E-state index in [0.717, 1.165) is 29.0 Å². The molecule has 0 saturated carbocycles. The Bertz CT molecular complexity index is 442. The van der Waals surface area contributed by atoms with E-state index in [1.54, 1.807) is 16.2 Å². The van der Waals surface area contributed by atoms with Crippen LogP contribution >= 0.6 is 27.3 Å². The van der Waals surface area contributed by atoms with Crippen LogP contribution in [0.3, 0.4) is 0 Å². The second-order valence-corrected chi connectivity index (χ2v) is 7.49. The Kier molecular flexibility index (Phi) is 3.96. The summed E-state index contributed by atoms with van der Waals surface area (Å²) in [4.78, 5) is 18.3. The van der Waals surface area contributed by atoms with Crippen LogP contribution < -0.4 is 0 Å². The van der Waals surface area contributed by atoms with E-state index in [4.69, 9.17) is 4.74 Å². The van der Waals surface area contributed by atoms with Gasteiger partial charge in [-0.15, -0.1) is 11.3 Å². The zero-order valence-electron chi connectivity index (χ0n) is 10.8. The summed E-state index contributed by atoms with van der Waals surface area (Å²) in [5.41, 5.74) is 0.502. The highest BCUT2D eigenvalue weighted by atomic mass is 79.9. The molecule has 1 amide bonds. The standard InChI is InChI=1S/C12H17BrN2O2S/c1-12(2,3)17-11(16)15-6-4-5-9(15)8-7-18-10(13)14-8/h7,9H,4-6H2,1-3H3/t9-/m1/s1. The van der Waals surface area contributed by atoms with Gasteiger partial charge in [0, 0.05) is 11.9 Å². The molecule has 0 radical (unpaired) electrons. The smallest absolute Gasteiger partial charge is 0.410 e. The van der Waals surface area contributed by atoms with Crippen molar-refractivity contribution in [2.24, 2.45) is 0 Å². The lowest BCUT2D eigenvalue weighted by Crippen LogP contribution is -2.36. The van der Waals surface area contributed by atoms with Crippen molar-refractivity contribution in [3.63, 3.8) is 0 Å². The van der Waals surface area contributed by atoms with Gasteiger partial charge in [-0.2, -0.15) is 0 Å². The van der Waals surface area contributed by atoms with Crippen molar-refractivity contribution in [1.29, 1.82) is 0 Å². The van der Waals surface area contributed by atoms with Gasteiger partial charge in [0.25, 0.3) is 0 Å². The Hall–Kier alpha value is -0.620. The van der Waals surface area contributed by atoms with Crippen LogP contribution in [0, 0.1) is 0 Å². The second-order valence-electron chi connectivity index (χ2n) is 5.36. The molecule has 0 aliphatic carbocycles. The van der Waals surface area contributed by atoms with E-state index in [9.17, 15) is 4.79 Å². The summed E-state index contributed by atoms with van der Waals surface area (Å²) < 4.78 is 6.29. The number of thiazole rings is 1. The summed E-state index contributed by atoms with van der Waals surface area (Å²) in [6.07, 6.45) is 1.71. The largest absolute Gasteiger partial charge is 0.444 e. The van der Waals surface area contributed by atoms with E-state index >= 15 is 0 Å². The van der Waals surface area contributed by atoms with Gasteiger partial charge < -0.3 is 4.74 Å². The maximum Gasteiger partial charge on any atom is 0.410 e. The minimum absolute atomic E-state index is 0.0578. The fourth-order valence-corrected chi connectivity index (χ4v) is 3.10. The molecule has 2 heterocycles. The fourth-order valence-electron chi connectivity index (χ4n) is 2.03. The molecule has 1 aromatic heterocycles. The van der Waals surface area contributed by atoms with Crippen LogP contribution in [0.5, 0.6) is 0 Å². The van der Waals surface area contributed by atoms with E-state index in [0.29, 0.717) is 0 Å². The molecule has 18 heavy (non-hydrogen) atoms. The van der Waals surface area contributed by atoms with Gasteiger partial charge in [0.2, 0.25) is 0 Å². The van der Waals surface area contributed by atoms with Crippen LogP contribution in [0.1, 0.15) is 45.3 Å². The van der Waals surface area contributed by atoms with Crippen molar-refractivity contribution in [2.45, 2.75) is 45.3 Å². The average Bonchev–Trinajstić information content (AvgIpc) is 2.81. The highest BCUT2D eigenvalue weighted by molar-refractivity contribution is 9.11. The Morgan fingerprint density at radius 1 is 1.61 bits per heavy atom. The number of ether oxygens (including phenoxy) is 1. The van der Waals surface area contributed by atoms with E-state index < -0.39 is 5.60 Å². The Balaban J connectivity index is 2.10. The van der Waals surface area contributed by atoms with Gasteiger partial charge in [0.1, 0.15) is 5.60 Å². The number of rotatable bonds is 1. The van der Waals surface area contributed by atoms with Gasteiger partial charge in [0.05, 0.1) is 11.7 Å². The molecule has 1 saturated heterocycles. The van der Waals surface area contributed by atoms with Crippen molar-refractivity contribution in [2.75, 3.05) is 6.54 Å². The summed E-state index contributed by atoms with van der Waals surface area (Å²) in [6.45, 7) is 6.40. The molecule has 100 valence electrons. The molecule has 2 rings (SSSR count). The lowest BCUT2D eigenvalue weighted by Gasteiger charge is -2.27. The maximum absolute atomic E-state index is 12.1. The van der Waals surface area contributed by atoms with Crippen molar-refractivity contribution in [1.82, 2.24) is 9.88 Å². The number of amides is 1. The number of halogens is 1. The molecule has 0 aromatic carbocycles. The molecule has 1 fully saturated rings. The molecule has 0 bridgehead atoms. The molecule has 0 spiro atoms. The topological polar surface area (TPSA) is 42.4 Å². The number of hydrogen-bond donors (Lipinski definition) is 0. The molecule has 6 heteroatoms. The number of carbonyl (C=O) groups excluding carboxylic acids is 1. The van der Waals surface area contributed by atoms with Gasteiger partial charge in [0.15, 0.2) is 3.92 Å². The molecule has 1 atom stereocenters. The summed E-state index contributed by atoms with van der Waals surface area (Å²) in [7, 11) is 0. The molecule has 1 aliphatic rings. The van der Waals surface area contributed by atoms with Crippen LogP contribution in [0.4, 0.5) is 4.79 Å². The molecule has 1 aliphatic heterocycles. The molecule has 1 aromatic rings. The summed E-state index contributed by atoms with van der Waals surface area (Å²) >= 11 is 4.90. The maximum atomic E-state index is 12.1. The van der Waals surface area contributed by atoms with Crippen LogP contribution in [-0.4, -0.2) is 28.1 Å². The van der Waals surface area contributed by atoms with E-state index in [1.165, 1.54) is 0 Å². The zero-order valence-corrected chi connectivity index (χ0v) is 13.2. The van der Waals surface area contributed by atoms with Gasteiger partial charge >= 0.3 is 6.09 Å². The minimum atomic E-state index is -0.452. The number of hydrogen-bond acceptors (Lipinski definition) is 4. The van der Waals surface area contributed by atoms with Gasteiger partial charge in [-0.3, -0.25) is 4.90 Å². The highest BCUT2D eigenvalue weighted by Crippen LogP contribution is 2.34. The van der Waals surface area contributed by atoms with Crippen molar-refractivity contribution >= 4 is 33.4 Å². The van der Waals surface area contributed by atoms with Gasteiger partial charge in [-0.1, -0.05) is 0 Å². The summed E-state index contributed by atoms with van der Waals surface area (Å²) in [5.74, 6) is 0. The lowest BCUT2D eigenvalue weighted by molar-refractivity contribution is 0.0222. The van der Waals surface area contributed by atoms with Crippen LogP contribution in [0.2, 0.25) is 0 Å². The van der Waals surface area contributed by atoms with Crippen LogP contribution in [-0.2, 0) is 4.74 Å². The lowest BCUT2D eigenvalue weighted by atomic mass is 10.2.